The Balaban J connectivity index is 0.00000180. The van der Waals surface area contributed by atoms with Crippen LogP contribution in [0.4, 0.5) is 0 Å². The first kappa shape index (κ1) is 16.4. The molecule has 0 amide bonds. The number of hydrogen-bond donors (Lipinski definition) is 0. The number of nitrogens with zero attached hydrogens (tertiary/aromatic N) is 1. The summed E-state index contributed by atoms with van der Waals surface area (Å²) in [5.74, 6) is 0.895. The normalized spacial score (nSPS) is 12.3. The number of fused-ring (bicyclic) bond motifs is 1. The fraction of sp³-hybridized carbons (Fsp3) is 0.467. The van der Waals surface area contributed by atoms with Crippen LogP contribution in [0.15, 0.2) is 24.4 Å². The molecule has 0 aliphatic carbocycles. The molecule has 0 bridgehead atoms. The van der Waals surface area contributed by atoms with Crippen LogP contribution in [0.5, 0.6) is 5.75 Å². The second-order valence-electron chi connectivity index (χ2n) is 6.34. The number of hydrogen-bond acceptors (Lipinski definition) is 1. The van der Waals surface area contributed by atoms with Gasteiger partial charge in [0.1, 0.15) is 8.24 Å². The van der Waals surface area contributed by atoms with Crippen LogP contribution in [-0.4, -0.2) is 19.6 Å². The molecule has 98 valence electrons. The Hall–Kier alpha value is -0.626. The van der Waals surface area contributed by atoms with Crippen LogP contribution in [0.25, 0.3) is 10.9 Å². The largest absolute Gasteiger partial charge is 1.00 e. The van der Waals surface area contributed by atoms with Crippen molar-refractivity contribution in [3.8, 4) is 5.75 Å². The molecule has 0 aliphatic rings. The van der Waals surface area contributed by atoms with Gasteiger partial charge in [-0.1, -0.05) is 51.6 Å². The Morgan fingerprint density at radius 2 is 1.84 bits per heavy atom. The van der Waals surface area contributed by atoms with Crippen LogP contribution in [0, 0.1) is 6.07 Å². The van der Waals surface area contributed by atoms with E-state index < -0.39 is 8.24 Å². The van der Waals surface area contributed by atoms with E-state index in [-0.39, 0.29) is 18.9 Å². The van der Waals surface area contributed by atoms with Gasteiger partial charge >= 0.3 is 18.9 Å². The molecule has 0 spiro atoms. The molecule has 4 heteroatoms. The fourth-order valence-corrected chi connectivity index (χ4v) is 3.90. The molecule has 0 unspecified atom stereocenters. The zero-order valence-electron chi connectivity index (χ0n) is 13.2. The van der Waals surface area contributed by atoms with Gasteiger partial charge in [-0.25, -0.2) is 0 Å². The molecule has 0 saturated heterocycles. The van der Waals surface area contributed by atoms with Crippen molar-refractivity contribution in [3.05, 3.63) is 30.5 Å². The van der Waals surface area contributed by atoms with Gasteiger partial charge in [0.15, 0.2) is 0 Å². The molecule has 0 atom stereocenters. The maximum absolute atomic E-state index is 5.27. The molecule has 2 rings (SSSR count). The average molecular weight is 267 g/mol. The monoisotopic (exact) mass is 267 g/mol. The second-order valence-corrected chi connectivity index (χ2v) is 11.4. The van der Waals surface area contributed by atoms with E-state index >= 15 is 0 Å². The number of ether oxygens (including phenoxy) is 1. The topological polar surface area (TPSA) is 14.2 Å². The van der Waals surface area contributed by atoms with E-state index in [2.05, 4.69) is 62.5 Å². The summed E-state index contributed by atoms with van der Waals surface area (Å²) in [7, 11) is 0.124. The molecule has 2 aromatic rings. The Morgan fingerprint density at radius 1 is 1.21 bits per heavy atom. The van der Waals surface area contributed by atoms with Crippen LogP contribution in [0.1, 0.15) is 20.8 Å². The number of aromatic nitrogens is 1. The van der Waals surface area contributed by atoms with Gasteiger partial charge < -0.3 is 8.97 Å². The van der Waals surface area contributed by atoms with Crippen LogP contribution in [0.2, 0.25) is 18.1 Å². The van der Waals surface area contributed by atoms with E-state index in [9.17, 15) is 0 Å². The Kier molecular flexibility index (Phi) is 4.67. The predicted molar refractivity (Wildman–Crippen MR) is 79.9 cm³/mol. The average Bonchev–Trinajstić information content (AvgIpc) is 2.70. The smallest absolute Gasteiger partial charge is 0.510 e. The van der Waals surface area contributed by atoms with E-state index in [0.717, 1.165) is 11.1 Å². The van der Waals surface area contributed by atoms with Gasteiger partial charge in [-0.3, -0.25) is 0 Å². The van der Waals surface area contributed by atoms with Gasteiger partial charge in [0.2, 0.25) is 0 Å². The summed E-state index contributed by atoms with van der Waals surface area (Å²) < 4.78 is 7.71. The third-order valence-electron chi connectivity index (χ3n) is 4.25. The summed E-state index contributed by atoms with van der Waals surface area (Å²) in [6, 6.07) is 9.58. The summed E-state index contributed by atoms with van der Waals surface area (Å²) in [5.41, 5.74) is 1.27. The fourth-order valence-electron chi connectivity index (χ4n) is 2.00. The standard InChI is InChI=1S/C15H22NOSi.Li/c1-15(2,3)18(5,6)16-10-9-12-11-13(17-4)7-8-14(12)16;/h7-8,10-11H,1-6H3;/q-1;+1. The molecule has 0 aliphatic heterocycles. The summed E-state index contributed by atoms with van der Waals surface area (Å²) >= 11 is 0. The number of rotatable bonds is 2. The molecule has 0 N–H and O–H groups in total. The van der Waals surface area contributed by atoms with Gasteiger partial charge in [0.25, 0.3) is 0 Å². The first-order chi connectivity index (χ1) is 8.27. The van der Waals surface area contributed by atoms with Crippen LogP contribution in [-0.2, 0) is 0 Å². The van der Waals surface area contributed by atoms with Crippen LogP contribution < -0.4 is 23.6 Å². The van der Waals surface area contributed by atoms with Crippen molar-refractivity contribution in [2.75, 3.05) is 7.11 Å². The Bertz CT molecular complexity index is 569. The van der Waals surface area contributed by atoms with E-state index in [0.29, 0.717) is 5.04 Å². The van der Waals surface area contributed by atoms with E-state index in [4.69, 9.17) is 4.74 Å². The Labute approximate surface area is 129 Å². The van der Waals surface area contributed by atoms with Crippen molar-refractivity contribution in [1.82, 2.24) is 4.23 Å². The van der Waals surface area contributed by atoms with E-state index in [1.807, 2.05) is 6.07 Å². The van der Waals surface area contributed by atoms with Gasteiger partial charge in [-0.15, -0.1) is 6.07 Å². The molecule has 1 heterocycles. The van der Waals surface area contributed by atoms with Gasteiger partial charge in [0, 0.05) is 0 Å². The first-order valence-corrected chi connectivity index (χ1v) is 9.29. The molecule has 0 radical (unpaired) electrons. The summed E-state index contributed by atoms with van der Waals surface area (Å²) in [6.07, 6.45) is 2.11. The summed E-state index contributed by atoms with van der Waals surface area (Å²) in [4.78, 5) is 0. The third kappa shape index (κ3) is 2.79. The molecule has 0 saturated carbocycles. The van der Waals surface area contributed by atoms with Crippen molar-refractivity contribution in [3.63, 3.8) is 0 Å². The SMILES string of the molecule is COc1ccc2c([c-]cn2[Si](C)(C)C(C)(C)C)c1.[Li+]. The van der Waals surface area contributed by atoms with Gasteiger partial charge in [-0.2, -0.15) is 11.5 Å². The molecule has 19 heavy (non-hydrogen) atoms. The predicted octanol–water partition coefficient (Wildman–Crippen LogP) is 1.31. The van der Waals surface area contributed by atoms with E-state index in [1.165, 1.54) is 5.52 Å². The van der Waals surface area contributed by atoms with Crippen molar-refractivity contribution in [1.29, 1.82) is 0 Å². The molecular formula is C15H22LiNOSi. The number of benzene rings is 1. The number of methoxy groups -OCH3 is 1. The zero-order valence-corrected chi connectivity index (χ0v) is 14.2. The van der Waals surface area contributed by atoms with Crippen LogP contribution >= 0.6 is 0 Å². The van der Waals surface area contributed by atoms with Gasteiger partial charge in [0.05, 0.1) is 12.9 Å². The zero-order chi connectivity index (χ0) is 13.6. The molecule has 2 nitrogen and oxygen atoms in total. The molecule has 1 aromatic carbocycles. The maximum atomic E-state index is 5.27. The van der Waals surface area contributed by atoms with Crippen LogP contribution in [0.3, 0.4) is 0 Å². The maximum Gasteiger partial charge on any atom is 1.00 e. The van der Waals surface area contributed by atoms with Crippen molar-refractivity contribution < 1.29 is 23.6 Å². The van der Waals surface area contributed by atoms with Gasteiger partial charge in [-0.05, 0) is 11.1 Å². The Morgan fingerprint density at radius 3 is 2.37 bits per heavy atom. The molecule has 0 fully saturated rings. The van der Waals surface area contributed by atoms with E-state index in [1.54, 1.807) is 7.11 Å². The molecular weight excluding hydrogens is 245 g/mol. The van der Waals surface area contributed by atoms with Crippen molar-refractivity contribution in [2.24, 2.45) is 0 Å². The quantitative estimate of drug-likeness (QED) is 0.591. The van der Waals surface area contributed by atoms with Crippen molar-refractivity contribution >= 4 is 19.1 Å². The minimum absolute atomic E-state index is 0. The summed E-state index contributed by atoms with van der Waals surface area (Å²) in [6.45, 7) is 11.8. The minimum atomic E-state index is -1.58. The summed E-state index contributed by atoms with van der Waals surface area (Å²) in [5, 5.41) is 1.45. The third-order valence-corrected chi connectivity index (χ3v) is 9.50. The molecule has 1 aromatic heterocycles. The van der Waals surface area contributed by atoms with Crippen molar-refractivity contribution in [2.45, 2.75) is 38.9 Å². The first-order valence-electron chi connectivity index (χ1n) is 6.34. The minimum Gasteiger partial charge on any atom is -0.510 e. The second kappa shape index (κ2) is 5.40.